The standard InChI is InChI=1S/C16H21NO5/c1-3-20-12-7-5-11(6-8-12)9-13(16(19)21-4-2)17-15(18)14-10-22-14/h5-8,13-14H,3-4,9-10H2,1-2H3,(H,17,18)/t13-,14?/m0/s1. The quantitative estimate of drug-likeness (QED) is 0.574. The Balaban J connectivity index is 2.00. The molecular weight excluding hydrogens is 286 g/mol. The molecule has 0 bridgehead atoms. The highest BCUT2D eigenvalue weighted by atomic mass is 16.6. The van der Waals surface area contributed by atoms with Gasteiger partial charge >= 0.3 is 5.97 Å². The average molecular weight is 307 g/mol. The molecule has 1 amide bonds. The second kappa shape index (κ2) is 7.79. The zero-order valence-electron chi connectivity index (χ0n) is 12.8. The van der Waals surface area contributed by atoms with E-state index in [1.165, 1.54) is 0 Å². The van der Waals surface area contributed by atoms with Gasteiger partial charge in [0.2, 0.25) is 0 Å². The van der Waals surface area contributed by atoms with E-state index in [1.807, 2.05) is 31.2 Å². The van der Waals surface area contributed by atoms with Crippen LogP contribution in [0.3, 0.4) is 0 Å². The summed E-state index contributed by atoms with van der Waals surface area (Å²) in [6, 6.07) is 6.71. The van der Waals surface area contributed by atoms with Gasteiger partial charge in [-0.1, -0.05) is 12.1 Å². The van der Waals surface area contributed by atoms with Crippen LogP contribution in [0.15, 0.2) is 24.3 Å². The lowest BCUT2D eigenvalue weighted by atomic mass is 10.1. The summed E-state index contributed by atoms with van der Waals surface area (Å²) < 4.78 is 15.3. The van der Waals surface area contributed by atoms with Gasteiger partial charge < -0.3 is 19.5 Å². The van der Waals surface area contributed by atoms with Gasteiger partial charge in [-0.05, 0) is 31.5 Å². The molecule has 2 atom stereocenters. The summed E-state index contributed by atoms with van der Waals surface area (Å²) >= 11 is 0. The van der Waals surface area contributed by atoms with E-state index in [0.29, 0.717) is 19.6 Å². The smallest absolute Gasteiger partial charge is 0.328 e. The Bertz CT molecular complexity index is 510. The normalized spacial score (nSPS) is 17.5. The maximum atomic E-state index is 12.0. The molecule has 1 heterocycles. The first-order chi connectivity index (χ1) is 10.6. The minimum atomic E-state index is -0.713. The van der Waals surface area contributed by atoms with E-state index in [2.05, 4.69) is 5.32 Å². The minimum Gasteiger partial charge on any atom is -0.494 e. The molecule has 1 aliphatic rings. The van der Waals surface area contributed by atoms with Crippen molar-refractivity contribution in [1.29, 1.82) is 0 Å². The molecule has 0 radical (unpaired) electrons. The molecule has 1 fully saturated rings. The highest BCUT2D eigenvalue weighted by Crippen LogP contribution is 2.15. The first-order valence-electron chi connectivity index (χ1n) is 7.44. The van der Waals surface area contributed by atoms with E-state index in [4.69, 9.17) is 14.2 Å². The van der Waals surface area contributed by atoms with Crippen LogP contribution in [0, 0.1) is 0 Å². The van der Waals surface area contributed by atoms with E-state index >= 15 is 0 Å². The number of esters is 1. The molecule has 6 nitrogen and oxygen atoms in total. The van der Waals surface area contributed by atoms with Crippen molar-refractivity contribution in [3.8, 4) is 5.75 Å². The fourth-order valence-corrected chi connectivity index (χ4v) is 2.02. The largest absolute Gasteiger partial charge is 0.494 e. The van der Waals surface area contributed by atoms with Crippen molar-refractivity contribution in [2.75, 3.05) is 19.8 Å². The number of nitrogens with one attached hydrogen (secondary N) is 1. The third-order valence-electron chi connectivity index (χ3n) is 3.19. The zero-order valence-corrected chi connectivity index (χ0v) is 12.8. The van der Waals surface area contributed by atoms with E-state index in [-0.39, 0.29) is 12.5 Å². The highest BCUT2D eigenvalue weighted by Gasteiger charge is 2.34. The van der Waals surface area contributed by atoms with Gasteiger partial charge in [0, 0.05) is 6.42 Å². The Hall–Kier alpha value is -2.08. The molecule has 1 aromatic carbocycles. The number of hydrogen-bond donors (Lipinski definition) is 1. The lowest BCUT2D eigenvalue weighted by Gasteiger charge is -2.17. The predicted octanol–water partition coefficient (Wildman–Crippen LogP) is 1.07. The Morgan fingerprint density at radius 3 is 2.50 bits per heavy atom. The Morgan fingerprint density at radius 2 is 1.95 bits per heavy atom. The van der Waals surface area contributed by atoms with Crippen molar-refractivity contribution < 1.29 is 23.8 Å². The van der Waals surface area contributed by atoms with Crippen LogP contribution in [0.4, 0.5) is 0 Å². The van der Waals surface area contributed by atoms with Gasteiger partial charge in [0.25, 0.3) is 5.91 Å². The Labute approximate surface area is 129 Å². The fourth-order valence-electron chi connectivity index (χ4n) is 2.02. The second-order valence-electron chi connectivity index (χ2n) is 4.92. The van der Waals surface area contributed by atoms with Crippen molar-refractivity contribution in [1.82, 2.24) is 5.32 Å². The summed E-state index contributed by atoms with van der Waals surface area (Å²) in [5.41, 5.74) is 0.915. The molecule has 0 saturated carbocycles. The number of carbonyl (C=O) groups excluding carboxylic acids is 2. The molecule has 1 aliphatic heterocycles. The first kappa shape index (κ1) is 16.3. The molecule has 2 rings (SSSR count). The molecule has 1 saturated heterocycles. The molecule has 6 heteroatoms. The van der Waals surface area contributed by atoms with E-state index in [9.17, 15) is 9.59 Å². The van der Waals surface area contributed by atoms with Crippen molar-refractivity contribution in [2.45, 2.75) is 32.4 Å². The number of rotatable bonds is 8. The molecule has 22 heavy (non-hydrogen) atoms. The van der Waals surface area contributed by atoms with Gasteiger partial charge in [-0.25, -0.2) is 4.79 Å². The van der Waals surface area contributed by atoms with Crippen LogP contribution in [0.1, 0.15) is 19.4 Å². The van der Waals surface area contributed by atoms with Crippen LogP contribution in [0.5, 0.6) is 5.75 Å². The van der Waals surface area contributed by atoms with Crippen molar-refractivity contribution in [3.63, 3.8) is 0 Å². The van der Waals surface area contributed by atoms with Gasteiger partial charge in [0.05, 0.1) is 19.8 Å². The van der Waals surface area contributed by atoms with Gasteiger partial charge in [-0.3, -0.25) is 4.79 Å². The molecular formula is C16H21NO5. The molecule has 0 aromatic heterocycles. The average Bonchev–Trinajstić information content (AvgIpc) is 3.33. The maximum Gasteiger partial charge on any atom is 0.328 e. The topological polar surface area (TPSA) is 77.2 Å². The van der Waals surface area contributed by atoms with Crippen molar-refractivity contribution >= 4 is 11.9 Å². The van der Waals surface area contributed by atoms with Crippen LogP contribution < -0.4 is 10.1 Å². The van der Waals surface area contributed by atoms with Gasteiger partial charge in [0.15, 0.2) is 6.10 Å². The molecule has 0 aliphatic carbocycles. The number of ether oxygens (including phenoxy) is 3. The lowest BCUT2D eigenvalue weighted by molar-refractivity contribution is -0.147. The lowest BCUT2D eigenvalue weighted by Crippen LogP contribution is -2.45. The summed E-state index contributed by atoms with van der Waals surface area (Å²) in [7, 11) is 0. The van der Waals surface area contributed by atoms with E-state index in [1.54, 1.807) is 6.92 Å². The molecule has 1 aromatic rings. The maximum absolute atomic E-state index is 12.0. The van der Waals surface area contributed by atoms with Crippen LogP contribution in [0.25, 0.3) is 0 Å². The third kappa shape index (κ3) is 4.73. The molecule has 0 spiro atoms. The molecule has 1 unspecified atom stereocenters. The monoisotopic (exact) mass is 307 g/mol. The van der Waals surface area contributed by atoms with Crippen LogP contribution in [0.2, 0.25) is 0 Å². The summed E-state index contributed by atoms with van der Waals surface area (Å²) in [5, 5.41) is 2.68. The number of hydrogen-bond acceptors (Lipinski definition) is 5. The molecule has 1 N–H and O–H groups in total. The van der Waals surface area contributed by atoms with Gasteiger partial charge in [0.1, 0.15) is 11.8 Å². The number of carbonyl (C=O) groups is 2. The minimum absolute atomic E-state index is 0.272. The van der Waals surface area contributed by atoms with E-state index in [0.717, 1.165) is 11.3 Å². The van der Waals surface area contributed by atoms with Gasteiger partial charge in [-0.15, -0.1) is 0 Å². The second-order valence-corrected chi connectivity index (χ2v) is 4.92. The van der Waals surface area contributed by atoms with Crippen molar-refractivity contribution in [3.05, 3.63) is 29.8 Å². The van der Waals surface area contributed by atoms with Gasteiger partial charge in [-0.2, -0.15) is 0 Å². The first-order valence-corrected chi connectivity index (χ1v) is 7.44. The Morgan fingerprint density at radius 1 is 1.27 bits per heavy atom. The molecule has 120 valence electrons. The summed E-state index contributed by atoms with van der Waals surface area (Å²) in [5.74, 6) is 0.0590. The number of amides is 1. The summed E-state index contributed by atoms with van der Waals surface area (Å²) in [6.07, 6.45) is -0.0683. The number of benzene rings is 1. The van der Waals surface area contributed by atoms with Crippen LogP contribution in [-0.4, -0.2) is 43.8 Å². The SMILES string of the molecule is CCOC(=O)[C@H](Cc1ccc(OCC)cc1)NC(=O)C1CO1. The van der Waals surface area contributed by atoms with Crippen LogP contribution >= 0.6 is 0 Å². The predicted molar refractivity (Wildman–Crippen MR) is 79.6 cm³/mol. The Kier molecular flexibility index (Phi) is 5.77. The van der Waals surface area contributed by atoms with E-state index < -0.39 is 18.1 Å². The highest BCUT2D eigenvalue weighted by molar-refractivity contribution is 5.88. The van der Waals surface area contributed by atoms with Crippen molar-refractivity contribution in [2.24, 2.45) is 0 Å². The summed E-state index contributed by atoms with van der Waals surface area (Å²) in [6.45, 7) is 4.93. The van der Waals surface area contributed by atoms with Crippen LogP contribution in [-0.2, 0) is 25.5 Å². The summed E-state index contributed by atoms with van der Waals surface area (Å²) in [4.78, 5) is 23.8. The fraction of sp³-hybridized carbons (Fsp3) is 0.500. The third-order valence-corrected chi connectivity index (χ3v) is 3.19. The number of epoxide rings is 1. The zero-order chi connectivity index (χ0) is 15.9.